The topological polar surface area (TPSA) is 63.8 Å². The lowest BCUT2D eigenvalue weighted by Crippen LogP contribution is -2.29. The molecule has 4 heteroatoms. The molecule has 1 fully saturated rings. The number of rotatable bonds is 4. The zero-order valence-electron chi connectivity index (χ0n) is 11.7. The van der Waals surface area contributed by atoms with Crippen molar-refractivity contribution in [3.05, 3.63) is 59.2 Å². The third-order valence-electron chi connectivity index (χ3n) is 4.11. The molecule has 1 saturated carbocycles. The van der Waals surface area contributed by atoms with Gasteiger partial charge in [-0.3, -0.25) is 15.8 Å². The average molecular weight is 268 g/mol. The molecule has 1 aromatic heterocycles. The van der Waals surface area contributed by atoms with Crippen molar-refractivity contribution in [3.8, 4) is 0 Å². The highest BCUT2D eigenvalue weighted by Crippen LogP contribution is 2.36. The van der Waals surface area contributed by atoms with Crippen LogP contribution in [-0.2, 0) is 0 Å². The van der Waals surface area contributed by atoms with E-state index in [4.69, 9.17) is 5.84 Å². The first kappa shape index (κ1) is 13.2. The monoisotopic (exact) mass is 268 g/mol. The van der Waals surface area contributed by atoms with E-state index in [1.165, 1.54) is 24.8 Å². The molecule has 20 heavy (non-hydrogen) atoms. The SMILES string of the molecule is Cc1cnc(C(NN)c2ccc(C3CCC3)cc2)cn1. The number of nitrogens with one attached hydrogen (secondary N) is 1. The lowest BCUT2D eigenvalue weighted by atomic mass is 9.80. The highest BCUT2D eigenvalue weighted by molar-refractivity contribution is 5.32. The normalized spacial score (nSPS) is 16.7. The van der Waals surface area contributed by atoms with Crippen molar-refractivity contribution < 1.29 is 0 Å². The summed E-state index contributed by atoms with van der Waals surface area (Å²) in [5.74, 6) is 6.45. The zero-order chi connectivity index (χ0) is 13.9. The van der Waals surface area contributed by atoms with Gasteiger partial charge in [-0.1, -0.05) is 30.7 Å². The van der Waals surface area contributed by atoms with Crippen LogP contribution < -0.4 is 11.3 Å². The summed E-state index contributed by atoms with van der Waals surface area (Å²) in [6.45, 7) is 1.93. The molecule has 4 nitrogen and oxygen atoms in total. The molecule has 1 aromatic carbocycles. The highest BCUT2D eigenvalue weighted by Gasteiger charge is 2.20. The molecule has 1 atom stereocenters. The van der Waals surface area contributed by atoms with Crippen LogP contribution >= 0.6 is 0 Å². The molecule has 0 aliphatic heterocycles. The van der Waals surface area contributed by atoms with E-state index in [1.54, 1.807) is 12.4 Å². The predicted octanol–water partition coefficient (Wildman–Crippen LogP) is 2.61. The number of aryl methyl sites for hydroxylation is 1. The summed E-state index contributed by atoms with van der Waals surface area (Å²) in [4.78, 5) is 8.69. The highest BCUT2D eigenvalue weighted by atomic mass is 15.2. The Morgan fingerprint density at radius 2 is 1.90 bits per heavy atom. The first-order valence-corrected chi connectivity index (χ1v) is 7.12. The standard InChI is InChI=1S/C16H20N4/c1-11-9-19-15(10-18-11)16(20-17)14-7-5-13(6-8-14)12-3-2-4-12/h5-10,12,16,20H,2-4,17H2,1H3. The minimum Gasteiger partial charge on any atom is -0.271 e. The maximum Gasteiger partial charge on any atom is 0.0897 e. The van der Waals surface area contributed by atoms with Gasteiger partial charge in [0.1, 0.15) is 0 Å². The number of hydrogen-bond acceptors (Lipinski definition) is 4. The fourth-order valence-electron chi connectivity index (χ4n) is 2.61. The van der Waals surface area contributed by atoms with Gasteiger partial charge >= 0.3 is 0 Å². The van der Waals surface area contributed by atoms with E-state index < -0.39 is 0 Å². The largest absolute Gasteiger partial charge is 0.271 e. The number of nitrogens with zero attached hydrogens (tertiary/aromatic N) is 2. The average Bonchev–Trinajstić information content (AvgIpc) is 2.42. The van der Waals surface area contributed by atoms with E-state index >= 15 is 0 Å². The van der Waals surface area contributed by atoms with Gasteiger partial charge in [0, 0.05) is 6.20 Å². The number of hydrazine groups is 1. The molecule has 0 bridgehead atoms. The Morgan fingerprint density at radius 1 is 1.15 bits per heavy atom. The number of hydrogen-bond donors (Lipinski definition) is 2. The van der Waals surface area contributed by atoms with Crippen LogP contribution in [0.1, 0.15) is 53.7 Å². The van der Waals surface area contributed by atoms with Crippen molar-refractivity contribution in [2.75, 3.05) is 0 Å². The molecule has 1 aliphatic rings. The molecular weight excluding hydrogens is 248 g/mol. The van der Waals surface area contributed by atoms with Crippen molar-refractivity contribution in [2.45, 2.75) is 38.1 Å². The summed E-state index contributed by atoms with van der Waals surface area (Å²) in [6.07, 6.45) is 7.54. The van der Waals surface area contributed by atoms with Gasteiger partial charge in [-0.2, -0.15) is 0 Å². The van der Waals surface area contributed by atoms with Gasteiger partial charge in [0.2, 0.25) is 0 Å². The summed E-state index contributed by atoms with van der Waals surface area (Å²) < 4.78 is 0. The van der Waals surface area contributed by atoms with Gasteiger partial charge in [0.25, 0.3) is 0 Å². The van der Waals surface area contributed by atoms with Crippen LogP contribution in [0.15, 0.2) is 36.7 Å². The summed E-state index contributed by atoms with van der Waals surface area (Å²) >= 11 is 0. The Kier molecular flexibility index (Phi) is 3.76. The van der Waals surface area contributed by atoms with Crippen LogP contribution in [-0.4, -0.2) is 9.97 Å². The van der Waals surface area contributed by atoms with Gasteiger partial charge in [-0.05, 0) is 36.8 Å². The van der Waals surface area contributed by atoms with Gasteiger partial charge in [0.15, 0.2) is 0 Å². The third kappa shape index (κ3) is 2.57. The molecular formula is C16H20N4. The Balaban J connectivity index is 1.83. The molecule has 0 spiro atoms. The first-order chi connectivity index (χ1) is 9.78. The zero-order valence-corrected chi connectivity index (χ0v) is 11.7. The fraction of sp³-hybridized carbons (Fsp3) is 0.375. The molecule has 1 aliphatic carbocycles. The smallest absolute Gasteiger partial charge is 0.0897 e. The van der Waals surface area contributed by atoms with Crippen molar-refractivity contribution in [1.29, 1.82) is 0 Å². The van der Waals surface area contributed by atoms with Crippen LogP contribution in [0.25, 0.3) is 0 Å². The number of nitrogens with two attached hydrogens (primary N) is 1. The molecule has 0 amide bonds. The van der Waals surface area contributed by atoms with E-state index in [0.717, 1.165) is 22.9 Å². The quantitative estimate of drug-likeness (QED) is 0.661. The van der Waals surface area contributed by atoms with E-state index in [0.29, 0.717) is 0 Å². The first-order valence-electron chi connectivity index (χ1n) is 7.12. The Morgan fingerprint density at radius 3 is 2.40 bits per heavy atom. The fourth-order valence-corrected chi connectivity index (χ4v) is 2.61. The Bertz CT molecular complexity index is 558. The van der Waals surface area contributed by atoms with Crippen LogP contribution in [0, 0.1) is 6.92 Å². The molecule has 1 heterocycles. The molecule has 1 unspecified atom stereocenters. The number of aromatic nitrogens is 2. The van der Waals surface area contributed by atoms with Gasteiger partial charge in [0.05, 0.1) is 23.6 Å². The third-order valence-corrected chi connectivity index (χ3v) is 4.11. The minimum absolute atomic E-state index is 0.112. The lowest BCUT2D eigenvalue weighted by Gasteiger charge is -2.26. The molecule has 0 saturated heterocycles. The van der Waals surface area contributed by atoms with Crippen LogP contribution in [0.3, 0.4) is 0 Å². The minimum atomic E-state index is -0.112. The van der Waals surface area contributed by atoms with Crippen molar-refractivity contribution in [3.63, 3.8) is 0 Å². The van der Waals surface area contributed by atoms with Crippen molar-refractivity contribution >= 4 is 0 Å². The van der Waals surface area contributed by atoms with Gasteiger partial charge < -0.3 is 0 Å². The van der Waals surface area contributed by atoms with E-state index in [1.807, 2.05) is 6.92 Å². The molecule has 2 aromatic rings. The second-order valence-corrected chi connectivity index (χ2v) is 5.48. The van der Waals surface area contributed by atoms with E-state index in [-0.39, 0.29) is 6.04 Å². The second-order valence-electron chi connectivity index (χ2n) is 5.48. The van der Waals surface area contributed by atoms with Crippen molar-refractivity contribution in [1.82, 2.24) is 15.4 Å². The van der Waals surface area contributed by atoms with Gasteiger partial charge in [-0.25, -0.2) is 5.43 Å². The van der Waals surface area contributed by atoms with Gasteiger partial charge in [-0.15, -0.1) is 0 Å². The maximum absolute atomic E-state index is 5.69. The summed E-state index contributed by atoms with van der Waals surface area (Å²) in [5, 5.41) is 0. The second kappa shape index (κ2) is 5.69. The number of benzene rings is 1. The molecule has 3 N–H and O–H groups in total. The Labute approximate surface area is 119 Å². The molecule has 3 rings (SSSR count). The maximum atomic E-state index is 5.69. The molecule has 0 radical (unpaired) electrons. The predicted molar refractivity (Wildman–Crippen MR) is 79.0 cm³/mol. The van der Waals surface area contributed by atoms with Crippen LogP contribution in [0.4, 0.5) is 0 Å². The van der Waals surface area contributed by atoms with Crippen LogP contribution in [0.5, 0.6) is 0 Å². The summed E-state index contributed by atoms with van der Waals surface area (Å²) in [5.41, 5.74) is 7.13. The Hall–Kier alpha value is -1.78. The van der Waals surface area contributed by atoms with Crippen LogP contribution in [0.2, 0.25) is 0 Å². The summed E-state index contributed by atoms with van der Waals surface area (Å²) in [7, 11) is 0. The van der Waals surface area contributed by atoms with E-state index in [2.05, 4.69) is 39.7 Å². The van der Waals surface area contributed by atoms with Crippen molar-refractivity contribution in [2.24, 2.45) is 5.84 Å². The summed E-state index contributed by atoms with van der Waals surface area (Å²) in [6, 6.07) is 8.59. The lowest BCUT2D eigenvalue weighted by molar-refractivity contribution is 0.419. The molecule has 104 valence electrons. The van der Waals surface area contributed by atoms with E-state index in [9.17, 15) is 0 Å².